The Labute approximate surface area is 145 Å². The molecule has 1 aromatic carbocycles. The van der Waals surface area contributed by atoms with Gasteiger partial charge in [0.1, 0.15) is 12.4 Å². The number of carbonyl (C=O) groups is 1. The molecule has 0 aliphatic carbocycles. The van der Waals surface area contributed by atoms with Gasteiger partial charge in [0, 0.05) is 12.5 Å². The lowest BCUT2D eigenvalue weighted by Crippen LogP contribution is -2.34. The summed E-state index contributed by atoms with van der Waals surface area (Å²) in [6.45, 7) is 8.59. The van der Waals surface area contributed by atoms with Crippen molar-refractivity contribution >= 4 is 18.3 Å². The van der Waals surface area contributed by atoms with E-state index >= 15 is 0 Å². The fourth-order valence-corrected chi connectivity index (χ4v) is 2.79. The number of carbonyl (C=O) groups excluding carboxylic acids is 1. The Morgan fingerprint density at radius 2 is 2.09 bits per heavy atom. The second-order valence-corrected chi connectivity index (χ2v) is 6.94. The minimum atomic E-state index is 0. The number of halogens is 1. The third-order valence-corrected chi connectivity index (χ3v) is 3.97. The SMILES string of the molecule is CC(C)(C)c1ccccc1OCCNC(=O)CC1CCCN1.Cl. The average molecular weight is 341 g/mol. The molecule has 1 aromatic rings. The number of ether oxygens (including phenoxy) is 1. The highest BCUT2D eigenvalue weighted by Gasteiger charge is 2.19. The highest BCUT2D eigenvalue weighted by atomic mass is 35.5. The van der Waals surface area contributed by atoms with Crippen molar-refractivity contribution in [2.45, 2.75) is 51.5 Å². The van der Waals surface area contributed by atoms with E-state index in [1.165, 1.54) is 12.0 Å². The van der Waals surface area contributed by atoms with Crippen LogP contribution in [0.15, 0.2) is 24.3 Å². The molecule has 4 nitrogen and oxygen atoms in total. The van der Waals surface area contributed by atoms with Crippen LogP contribution >= 0.6 is 12.4 Å². The Morgan fingerprint density at radius 3 is 2.74 bits per heavy atom. The molecule has 1 amide bonds. The fraction of sp³-hybridized carbons (Fsp3) is 0.611. The maximum Gasteiger partial charge on any atom is 0.221 e. The molecule has 1 unspecified atom stereocenters. The smallest absolute Gasteiger partial charge is 0.221 e. The first-order chi connectivity index (χ1) is 10.5. The van der Waals surface area contributed by atoms with Crippen LogP contribution in [0, 0.1) is 0 Å². The Balaban J connectivity index is 0.00000264. The molecular weight excluding hydrogens is 312 g/mol. The quantitative estimate of drug-likeness (QED) is 0.782. The molecule has 0 saturated carbocycles. The molecule has 1 aliphatic rings. The number of hydrogen-bond acceptors (Lipinski definition) is 3. The minimum absolute atomic E-state index is 0. The molecule has 0 bridgehead atoms. The lowest BCUT2D eigenvalue weighted by atomic mass is 9.86. The van der Waals surface area contributed by atoms with Crippen LogP contribution in [0.5, 0.6) is 5.75 Å². The van der Waals surface area contributed by atoms with Gasteiger partial charge in [-0.15, -0.1) is 12.4 Å². The van der Waals surface area contributed by atoms with E-state index in [1.807, 2.05) is 18.2 Å². The standard InChI is InChI=1S/C18H28N2O2.ClH/c1-18(2,3)15-8-4-5-9-16(15)22-12-11-20-17(21)13-14-7-6-10-19-14;/h4-5,8-9,14,19H,6-7,10-13H2,1-3H3,(H,20,21);1H. The van der Waals surface area contributed by atoms with Gasteiger partial charge in [-0.2, -0.15) is 0 Å². The summed E-state index contributed by atoms with van der Waals surface area (Å²) in [5.74, 6) is 1.01. The molecule has 0 aromatic heterocycles. The number of amides is 1. The Bertz CT molecular complexity index is 494. The van der Waals surface area contributed by atoms with E-state index in [4.69, 9.17) is 4.74 Å². The molecule has 2 N–H and O–H groups in total. The summed E-state index contributed by atoms with van der Waals surface area (Å²) in [7, 11) is 0. The highest BCUT2D eigenvalue weighted by Crippen LogP contribution is 2.30. The van der Waals surface area contributed by atoms with Crippen molar-refractivity contribution < 1.29 is 9.53 Å². The largest absolute Gasteiger partial charge is 0.491 e. The van der Waals surface area contributed by atoms with Gasteiger partial charge in [-0.3, -0.25) is 4.79 Å². The summed E-state index contributed by atoms with van der Waals surface area (Å²) >= 11 is 0. The summed E-state index contributed by atoms with van der Waals surface area (Å²) in [4.78, 5) is 11.8. The van der Waals surface area contributed by atoms with Crippen molar-refractivity contribution in [2.75, 3.05) is 19.7 Å². The first-order valence-electron chi connectivity index (χ1n) is 8.19. The van der Waals surface area contributed by atoms with Gasteiger partial charge in [-0.05, 0) is 36.4 Å². The van der Waals surface area contributed by atoms with Crippen molar-refractivity contribution in [3.8, 4) is 5.75 Å². The molecule has 23 heavy (non-hydrogen) atoms. The number of rotatable bonds is 6. The molecule has 0 radical (unpaired) electrons. The predicted molar refractivity (Wildman–Crippen MR) is 96.5 cm³/mol. The van der Waals surface area contributed by atoms with E-state index < -0.39 is 0 Å². The molecule has 1 aliphatic heterocycles. The highest BCUT2D eigenvalue weighted by molar-refractivity contribution is 5.85. The van der Waals surface area contributed by atoms with E-state index in [2.05, 4.69) is 37.5 Å². The number of benzene rings is 1. The Kier molecular flexibility index (Phi) is 7.86. The molecule has 5 heteroatoms. The number of hydrogen-bond donors (Lipinski definition) is 2. The monoisotopic (exact) mass is 340 g/mol. The summed E-state index contributed by atoms with van der Waals surface area (Å²) < 4.78 is 5.85. The minimum Gasteiger partial charge on any atom is -0.491 e. The molecule has 2 rings (SSSR count). The molecular formula is C18H29ClN2O2. The van der Waals surface area contributed by atoms with E-state index in [0.717, 1.165) is 18.7 Å². The van der Waals surface area contributed by atoms with E-state index in [0.29, 0.717) is 25.6 Å². The van der Waals surface area contributed by atoms with Gasteiger partial charge < -0.3 is 15.4 Å². The fourth-order valence-electron chi connectivity index (χ4n) is 2.79. The Morgan fingerprint density at radius 1 is 1.35 bits per heavy atom. The van der Waals surface area contributed by atoms with Gasteiger partial charge in [-0.25, -0.2) is 0 Å². The van der Waals surface area contributed by atoms with Crippen molar-refractivity contribution in [3.05, 3.63) is 29.8 Å². The third-order valence-electron chi connectivity index (χ3n) is 3.97. The average Bonchev–Trinajstić information content (AvgIpc) is 2.96. The van der Waals surface area contributed by atoms with Crippen LogP contribution in [-0.4, -0.2) is 31.6 Å². The normalized spacial score (nSPS) is 17.4. The first-order valence-corrected chi connectivity index (χ1v) is 8.19. The molecule has 1 heterocycles. The second-order valence-electron chi connectivity index (χ2n) is 6.94. The van der Waals surface area contributed by atoms with E-state index in [1.54, 1.807) is 0 Å². The van der Waals surface area contributed by atoms with E-state index in [-0.39, 0.29) is 23.7 Å². The van der Waals surface area contributed by atoms with Crippen LogP contribution in [0.2, 0.25) is 0 Å². The van der Waals surface area contributed by atoms with Gasteiger partial charge in [-0.1, -0.05) is 39.0 Å². The zero-order chi connectivity index (χ0) is 16.0. The number of para-hydroxylation sites is 1. The van der Waals surface area contributed by atoms with E-state index in [9.17, 15) is 4.79 Å². The van der Waals surface area contributed by atoms with Crippen LogP contribution in [0.25, 0.3) is 0 Å². The van der Waals surface area contributed by atoms with Gasteiger partial charge in [0.25, 0.3) is 0 Å². The topological polar surface area (TPSA) is 50.4 Å². The van der Waals surface area contributed by atoms with Crippen LogP contribution in [0.4, 0.5) is 0 Å². The van der Waals surface area contributed by atoms with Gasteiger partial charge in [0.05, 0.1) is 6.54 Å². The second kappa shape index (κ2) is 9.14. The van der Waals surface area contributed by atoms with Gasteiger partial charge >= 0.3 is 0 Å². The maximum absolute atomic E-state index is 11.8. The van der Waals surface area contributed by atoms with Crippen LogP contribution in [0.3, 0.4) is 0 Å². The molecule has 1 fully saturated rings. The van der Waals surface area contributed by atoms with Crippen LogP contribution < -0.4 is 15.4 Å². The van der Waals surface area contributed by atoms with Crippen molar-refractivity contribution in [2.24, 2.45) is 0 Å². The Hall–Kier alpha value is -1.26. The maximum atomic E-state index is 11.8. The zero-order valence-corrected chi connectivity index (χ0v) is 15.2. The molecule has 0 spiro atoms. The van der Waals surface area contributed by atoms with Gasteiger partial charge in [0.2, 0.25) is 5.91 Å². The van der Waals surface area contributed by atoms with Crippen LogP contribution in [-0.2, 0) is 10.2 Å². The van der Waals surface area contributed by atoms with Crippen molar-refractivity contribution in [1.82, 2.24) is 10.6 Å². The van der Waals surface area contributed by atoms with Crippen LogP contribution in [0.1, 0.15) is 45.6 Å². The summed E-state index contributed by atoms with van der Waals surface area (Å²) in [6.07, 6.45) is 2.84. The third kappa shape index (κ3) is 6.40. The van der Waals surface area contributed by atoms with Crippen molar-refractivity contribution in [1.29, 1.82) is 0 Å². The summed E-state index contributed by atoms with van der Waals surface area (Å²) in [5, 5.41) is 6.27. The summed E-state index contributed by atoms with van der Waals surface area (Å²) in [5.41, 5.74) is 1.24. The molecule has 130 valence electrons. The lowest BCUT2D eigenvalue weighted by molar-refractivity contribution is -0.121. The number of nitrogens with one attached hydrogen (secondary N) is 2. The predicted octanol–water partition coefficient (Wildman–Crippen LogP) is 3.04. The van der Waals surface area contributed by atoms with Crippen molar-refractivity contribution in [3.63, 3.8) is 0 Å². The lowest BCUT2D eigenvalue weighted by Gasteiger charge is -2.22. The first kappa shape index (κ1) is 19.8. The summed E-state index contributed by atoms with van der Waals surface area (Å²) in [6, 6.07) is 8.45. The zero-order valence-electron chi connectivity index (χ0n) is 14.4. The van der Waals surface area contributed by atoms with Gasteiger partial charge in [0.15, 0.2) is 0 Å². The molecule has 1 atom stereocenters. The molecule has 1 saturated heterocycles.